The first-order valence-corrected chi connectivity index (χ1v) is 6.31. The Morgan fingerprint density at radius 2 is 2.18 bits per heavy atom. The van der Waals surface area contributed by atoms with Crippen LogP contribution in [0, 0.1) is 5.92 Å². The van der Waals surface area contributed by atoms with Gasteiger partial charge >= 0.3 is 12.1 Å². The van der Waals surface area contributed by atoms with Gasteiger partial charge in [-0.2, -0.15) is 27.8 Å². The molecule has 0 saturated heterocycles. The second kappa shape index (κ2) is 5.78. The van der Waals surface area contributed by atoms with Crippen LogP contribution in [0.4, 0.5) is 19.0 Å². The highest BCUT2D eigenvalue weighted by atomic mass is 19.4. The minimum atomic E-state index is -4.60. The van der Waals surface area contributed by atoms with E-state index in [-0.39, 0.29) is 18.1 Å². The number of anilines is 1. The van der Waals surface area contributed by atoms with Gasteiger partial charge in [-0.25, -0.2) is 4.98 Å². The monoisotopic (exact) mass is 317 g/mol. The molecule has 0 aliphatic carbocycles. The first kappa shape index (κ1) is 16.0. The van der Waals surface area contributed by atoms with E-state index in [1.54, 1.807) is 14.0 Å². The van der Waals surface area contributed by atoms with Gasteiger partial charge in [-0.15, -0.1) is 0 Å². The van der Waals surface area contributed by atoms with E-state index in [1.807, 2.05) is 0 Å². The second-order valence-corrected chi connectivity index (χ2v) is 4.77. The van der Waals surface area contributed by atoms with E-state index in [4.69, 9.17) is 0 Å². The maximum atomic E-state index is 12.9. The topological polar surface area (TPSA) is 72.6 Å². The quantitative estimate of drug-likeness (QED) is 0.794. The summed E-state index contributed by atoms with van der Waals surface area (Å²) < 4.78 is 44.5. The van der Waals surface area contributed by atoms with Crippen molar-refractivity contribution in [1.82, 2.24) is 19.6 Å². The fraction of sp³-hybridized carbons (Fsp3) is 0.500. The Kier molecular flexibility index (Phi) is 4.20. The van der Waals surface area contributed by atoms with E-state index >= 15 is 0 Å². The summed E-state index contributed by atoms with van der Waals surface area (Å²) in [6, 6.07) is 0.867. The highest BCUT2D eigenvalue weighted by Gasteiger charge is 2.34. The van der Waals surface area contributed by atoms with Crippen molar-refractivity contribution in [3.8, 4) is 0 Å². The first-order chi connectivity index (χ1) is 10.2. The Morgan fingerprint density at radius 3 is 2.77 bits per heavy atom. The van der Waals surface area contributed by atoms with Crippen LogP contribution in [0.25, 0.3) is 5.78 Å². The number of alkyl halides is 3. The fourth-order valence-corrected chi connectivity index (χ4v) is 1.99. The number of hydrogen-bond acceptors (Lipinski definition) is 6. The van der Waals surface area contributed by atoms with Crippen molar-refractivity contribution >= 4 is 17.6 Å². The Morgan fingerprint density at radius 1 is 1.50 bits per heavy atom. The van der Waals surface area contributed by atoms with Gasteiger partial charge in [0.1, 0.15) is 12.1 Å². The molecule has 0 radical (unpaired) electrons. The molecule has 0 saturated carbocycles. The van der Waals surface area contributed by atoms with Crippen LogP contribution in [-0.4, -0.2) is 46.3 Å². The normalized spacial score (nSPS) is 13.2. The van der Waals surface area contributed by atoms with Gasteiger partial charge in [0.15, 0.2) is 5.69 Å². The van der Waals surface area contributed by atoms with E-state index in [1.165, 1.54) is 16.5 Å². The minimum absolute atomic E-state index is 0.130. The summed E-state index contributed by atoms with van der Waals surface area (Å²) in [4.78, 5) is 20.0. The molecule has 10 heteroatoms. The lowest BCUT2D eigenvalue weighted by Crippen LogP contribution is -2.31. The predicted octanol–water partition coefficient (Wildman–Crippen LogP) is 1.39. The molecule has 0 bridgehead atoms. The SMILES string of the molecule is COC(=O)C(C)CN(C)c1cc(C(F)(F)F)nc2ncnn12. The van der Waals surface area contributed by atoms with Crippen LogP contribution in [0.15, 0.2) is 12.4 Å². The third-order valence-electron chi connectivity index (χ3n) is 3.07. The zero-order valence-electron chi connectivity index (χ0n) is 12.1. The van der Waals surface area contributed by atoms with Gasteiger partial charge in [-0.3, -0.25) is 4.79 Å². The lowest BCUT2D eigenvalue weighted by molar-refractivity contribution is -0.144. The van der Waals surface area contributed by atoms with Crippen molar-refractivity contribution in [1.29, 1.82) is 0 Å². The highest BCUT2D eigenvalue weighted by molar-refractivity contribution is 5.72. The number of methoxy groups -OCH3 is 1. The number of fused-ring (bicyclic) bond motifs is 1. The molecular weight excluding hydrogens is 303 g/mol. The van der Waals surface area contributed by atoms with Crippen LogP contribution >= 0.6 is 0 Å². The molecule has 0 amide bonds. The number of esters is 1. The number of nitrogens with zero attached hydrogens (tertiary/aromatic N) is 5. The maximum Gasteiger partial charge on any atom is 0.433 e. The van der Waals surface area contributed by atoms with Crippen molar-refractivity contribution < 1.29 is 22.7 Å². The van der Waals surface area contributed by atoms with Gasteiger partial charge in [-0.1, -0.05) is 6.92 Å². The van der Waals surface area contributed by atoms with Crippen molar-refractivity contribution in [2.75, 3.05) is 25.6 Å². The number of aromatic nitrogens is 4. The summed E-state index contributed by atoms with van der Waals surface area (Å²) in [6.45, 7) is 1.77. The first-order valence-electron chi connectivity index (χ1n) is 6.31. The average molecular weight is 317 g/mol. The molecule has 7 nitrogen and oxygen atoms in total. The summed E-state index contributed by atoms with van der Waals surface area (Å²) in [5.41, 5.74) is -1.07. The predicted molar refractivity (Wildman–Crippen MR) is 70.2 cm³/mol. The fourth-order valence-electron chi connectivity index (χ4n) is 1.99. The number of carbonyl (C=O) groups is 1. The van der Waals surface area contributed by atoms with Crippen molar-refractivity contribution in [2.24, 2.45) is 5.92 Å². The molecular formula is C12H14F3N5O2. The lowest BCUT2D eigenvalue weighted by Gasteiger charge is -2.23. The van der Waals surface area contributed by atoms with Crippen LogP contribution in [-0.2, 0) is 15.7 Å². The summed E-state index contributed by atoms with van der Waals surface area (Å²) in [7, 11) is 2.80. The van der Waals surface area contributed by atoms with Gasteiger partial charge in [0.05, 0.1) is 13.0 Å². The molecule has 1 unspecified atom stereocenters. The van der Waals surface area contributed by atoms with Gasteiger partial charge in [-0.05, 0) is 0 Å². The van der Waals surface area contributed by atoms with Crippen LogP contribution in [0.5, 0.6) is 0 Å². The van der Waals surface area contributed by atoms with Crippen molar-refractivity contribution in [3.05, 3.63) is 18.1 Å². The number of ether oxygens (including phenoxy) is 1. The van der Waals surface area contributed by atoms with Gasteiger partial charge < -0.3 is 9.64 Å². The molecule has 2 heterocycles. The van der Waals surface area contributed by atoms with Gasteiger partial charge in [0.2, 0.25) is 0 Å². The number of carbonyl (C=O) groups excluding carboxylic acids is 1. The zero-order valence-corrected chi connectivity index (χ0v) is 12.1. The number of rotatable bonds is 4. The van der Waals surface area contributed by atoms with Crippen LogP contribution in [0.3, 0.4) is 0 Å². The summed E-state index contributed by atoms with van der Waals surface area (Å²) in [5, 5.41) is 3.85. The molecule has 0 aliphatic heterocycles. The largest absolute Gasteiger partial charge is 0.469 e. The van der Waals surface area contributed by atoms with Crippen LogP contribution in [0.1, 0.15) is 12.6 Å². The smallest absolute Gasteiger partial charge is 0.433 e. The summed E-state index contributed by atoms with van der Waals surface area (Å²) in [6.07, 6.45) is -3.49. The van der Waals surface area contributed by atoms with Gasteiger partial charge in [0.25, 0.3) is 5.78 Å². The Hall–Kier alpha value is -2.39. The van der Waals surface area contributed by atoms with E-state index < -0.39 is 23.8 Å². The molecule has 0 spiro atoms. The van der Waals surface area contributed by atoms with Crippen LogP contribution in [0.2, 0.25) is 0 Å². The van der Waals surface area contributed by atoms with Crippen LogP contribution < -0.4 is 4.90 Å². The Balaban J connectivity index is 2.40. The molecule has 1 atom stereocenters. The number of hydrogen-bond donors (Lipinski definition) is 0. The molecule has 0 aliphatic rings. The molecule has 120 valence electrons. The zero-order chi connectivity index (χ0) is 16.5. The molecule has 0 aromatic carbocycles. The molecule has 22 heavy (non-hydrogen) atoms. The Bertz CT molecular complexity index is 685. The minimum Gasteiger partial charge on any atom is -0.469 e. The highest BCUT2D eigenvalue weighted by Crippen LogP contribution is 2.30. The summed E-state index contributed by atoms with van der Waals surface area (Å²) in [5.74, 6) is -1.00. The van der Waals surface area contributed by atoms with E-state index in [0.29, 0.717) is 0 Å². The van der Waals surface area contributed by atoms with Crippen molar-refractivity contribution in [2.45, 2.75) is 13.1 Å². The average Bonchev–Trinajstić information content (AvgIpc) is 2.92. The van der Waals surface area contributed by atoms with Crippen molar-refractivity contribution in [3.63, 3.8) is 0 Å². The molecule has 0 fully saturated rings. The lowest BCUT2D eigenvalue weighted by atomic mass is 10.2. The van der Waals surface area contributed by atoms with Gasteiger partial charge in [0, 0.05) is 19.7 Å². The third-order valence-corrected chi connectivity index (χ3v) is 3.07. The molecule has 2 aromatic rings. The molecule has 2 aromatic heterocycles. The van der Waals surface area contributed by atoms with E-state index in [2.05, 4.69) is 19.8 Å². The summed E-state index contributed by atoms with van der Waals surface area (Å²) >= 11 is 0. The maximum absolute atomic E-state index is 12.9. The molecule has 0 N–H and O–H groups in total. The third kappa shape index (κ3) is 3.10. The van der Waals surface area contributed by atoms with E-state index in [9.17, 15) is 18.0 Å². The Labute approximate surface area is 123 Å². The second-order valence-electron chi connectivity index (χ2n) is 4.77. The standard InChI is InChI=1S/C12H14F3N5O2/c1-7(10(21)22-3)5-19(2)9-4-8(12(13,14)15)18-11-16-6-17-20(9)11/h4,6-7H,5H2,1-3H3. The number of halogens is 3. The molecule has 2 rings (SSSR count). The van der Waals surface area contributed by atoms with E-state index in [0.717, 1.165) is 12.4 Å².